The largest absolute Gasteiger partial charge is 0.487 e. The molecule has 0 saturated carbocycles. The van der Waals surface area contributed by atoms with E-state index in [2.05, 4.69) is 0 Å². The fourth-order valence-electron chi connectivity index (χ4n) is 4.10. The Bertz CT molecular complexity index is 1360. The third-order valence-electron chi connectivity index (χ3n) is 5.97. The van der Waals surface area contributed by atoms with E-state index in [1.165, 1.54) is 12.1 Å². The smallest absolute Gasteiger partial charge is 0.416 e. The highest BCUT2D eigenvalue weighted by molar-refractivity contribution is 6.27. The molecule has 40 heavy (non-hydrogen) atoms. The van der Waals surface area contributed by atoms with Gasteiger partial charge in [-0.2, -0.15) is 13.2 Å². The molecule has 2 aromatic carbocycles. The topological polar surface area (TPSA) is 97.0 Å². The zero-order valence-corrected chi connectivity index (χ0v) is 22.3. The molecule has 1 heterocycles. The number of aryl methyl sites for hydroxylation is 1. The van der Waals surface area contributed by atoms with Crippen molar-refractivity contribution in [2.24, 2.45) is 5.92 Å². The Labute approximate surface area is 229 Å². The summed E-state index contributed by atoms with van der Waals surface area (Å²) in [5, 5.41) is 8.78. The number of alkyl halides is 3. The number of aliphatic carboxylic acids is 1. The molecular weight excluding hydrogens is 527 g/mol. The van der Waals surface area contributed by atoms with Crippen LogP contribution in [0.5, 0.6) is 5.75 Å². The fraction of sp³-hybridized carbons (Fsp3) is 0.300. The van der Waals surface area contributed by atoms with Crippen LogP contribution < -0.4 is 9.64 Å². The third-order valence-corrected chi connectivity index (χ3v) is 5.97. The molecule has 3 aromatic rings. The summed E-state index contributed by atoms with van der Waals surface area (Å²) in [5.41, 5.74) is 0.709. The van der Waals surface area contributed by atoms with Crippen LogP contribution in [0.15, 0.2) is 65.1 Å². The molecule has 1 N–H and O–H groups in total. The molecule has 10 heteroatoms. The summed E-state index contributed by atoms with van der Waals surface area (Å²) in [7, 11) is 0. The van der Waals surface area contributed by atoms with Crippen molar-refractivity contribution in [1.82, 2.24) is 0 Å². The molecule has 0 fully saturated rings. The standard InChI is InChI=1S/C30H30F3NO6/c1-19(2)15-34(16-24(26(36)17-35)27-12-4-20(3)40-27)25-11-10-23(30(31,32)33)14-28(25)39-18-22-7-5-21(6-8-22)9-13-29(37)38/h4-14,17,19,24H,15-16,18H2,1-3H3,(H,37,38)/b13-9+. The van der Waals surface area contributed by atoms with Crippen LogP contribution in [0.3, 0.4) is 0 Å². The first-order valence-corrected chi connectivity index (χ1v) is 12.5. The number of carbonyl (C=O) groups is 3. The van der Waals surface area contributed by atoms with E-state index in [-0.39, 0.29) is 36.9 Å². The maximum atomic E-state index is 13.6. The SMILES string of the molecule is Cc1ccc(C(CN(CC(C)C)c2ccc(C(F)(F)F)cc2OCc2ccc(/C=C/C(=O)O)cc2)C(=O)C=O)o1. The van der Waals surface area contributed by atoms with Gasteiger partial charge in [-0.05, 0) is 60.4 Å². The number of rotatable bonds is 13. The molecule has 0 spiro atoms. The first kappa shape index (κ1) is 30.2. The first-order chi connectivity index (χ1) is 18.9. The second-order valence-corrected chi connectivity index (χ2v) is 9.70. The predicted molar refractivity (Wildman–Crippen MR) is 143 cm³/mol. The van der Waals surface area contributed by atoms with E-state index in [9.17, 15) is 27.6 Å². The number of nitrogens with zero attached hydrogens (tertiary/aromatic N) is 1. The monoisotopic (exact) mass is 557 g/mol. The molecule has 0 amide bonds. The molecule has 1 unspecified atom stereocenters. The molecule has 0 bridgehead atoms. The minimum absolute atomic E-state index is 0.0188. The lowest BCUT2D eigenvalue weighted by Crippen LogP contribution is -2.35. The third kappa shape index (κ3) is 8.33. The molecule has 0 aliphatic heterocycles. The van der Waals surface area contributed by atoms with E-state index in [4.69, 9.17) is 14.3 Å². The van der Waals surface area contributed by atoms with Crippen molar-refractivity contribution >= 4 is 29.8 Å². The van der Waals surface area contributed by atoms with Gasteiger partial charge in [0.2, 0.25) is 5.78 Å². The van der Waals surface area contributed by atoms with E-state index >= 15 is 0 Å². The van der Waals surface area contributed by atoms with Gasteiger partial charge in [-0.3, -0.25) is 9.59 Å². The van der Waals surface area contributed by atoms with Gasteiger partial charge in [-0.15, -0.1) is 0 Å². The van der Waals surface area contributed by atoms with Crippen molar-refractivity contribution in [1.29, 1.82) is 0 Å². The lowest BCUT2D eigenvalue weighted by Gasteiger charge is -2.31. The van der Waals surface area contributed by atoms with Crippen molar-refractivity contribution < 1.29 is 41.8 Å². The number of carbonyl (C=O) groups excluding carboxylic acids is 2. The summed E-state index contributed by atoms with van der Waals surface area (Å²) >= 11 is 0. The molecule has 0 aliphatic rings. The van der Waals surface area contributed by atoms with E-state index in [0.717, 1.165) is 18.2 Å². The Morgan fingerprint density at radius 1 is 1.05 bits per heavy atom. The van der Waals surface area contributed by atoms with Gasteiger partial charge >= 0.3 is 12.1 Å². The normalized spacial score (nSPS) is 12.5. The van der Waals surface area contributed by atoms with Gasteiger partial charge in [0.15, 0.2) is 6.29 Å². The number of benzene rings is 2. The summed E-state index contributed by atoms with van der Waals surface area (Å²) in [6.45, 7) is 5.82. The van der Waals surface area contributed by atoms with Gasteiger partial charge in [0.25, 0.3) is 0 Å². The Hall–Kier alpha value is -4.34. The lowest BCUT2D eigenvalue weighted by molar-refractivity contribution is -0.137. The fourth-order valence-corrected chi connectivity index (χ4v) is 4.10. The van der Waals surface area contributed by atoms with Crippen LogP contribution in [0.1, 0.15) is 48.0 Å². The van der Waals surface area contributed by atoms with Crippen molar-refractivity contribution in [2.75, 3.05) is 18.0 Å². The van der Waals surface area contributed by atoms with Gasteiger partial charge in [0.1, 0.15) is 29.8 Å². The quantitative estimate of drug-likeness (QED) is 0.150. The van der Waals surface area contributed by atoms with Crippen molar-refractivity contribution in [2.45, 2.75) is 39.5 Å². The van der Waals surface area contributed by atoms with E-state index in [1.807, 2.05) is 13.8 Å². The minimum Gasteiger partial charge on any atom is -0.487 e. The van der Waals surface area contributed by atoms with E-state index in [1.54, 1.807) is 48.2 Å². The van der Waals surface area contributed by atoms with Crippen LogP contribution in [0.4, 0.5) is 18.9 Å². The summed E-state index contributed by atoms with van der Waals surface area (Å²) in [6.07, 6.45) is -1.98. The second-order valence-electron chi connectivity index (χ2n) is 9.70. The summed E-state index contributed by atoms with van der Waals surface area (Å²) in [4.78, 5) is 36.5. The molecule has 1 atom stereocenters. The number of furan rings is 1. The number of Topliss-reactive ketones (excluding diaryl/α,β-unsaturated/α-hetero) is 1. The minimum atomic E-state index is -4.61. The molecule has 1 aromatic heterocycles. The average molecular weight is 558 g/mol. The van der Waals surface area contributed by atoms with Gasteiger partial charge in [-0.25, -0.2) is 4.79 Å². The van der Waals surface area contributed by atoms with Crippen LogP contribution in [-0.4, -0.2) is 36.2 Å². The van der Waals surface area contributed by atoms with Crippen LogP contribution in [-0.2, 0) is 27.2 Å². The average Bonchev–Trinajstić information content (AvgIpc) is 3.33. The van der Waals surface area contributed by atoms with Gasteiger partial charge in [0, 0.05) is 19.2 Å². The highest BCUT2D eigenvalue weighted by Gasteiger charge is 2.33. The zero-order valence-electron chi connectivity index (χ0n) is 22.3. The van der Waals surface area contributed by atoms with E-state index < -0.39 is 29.4 Å². The number of ether oxygens (including phenoxy) is 1. The highest BCUT2D eigenvalue weighted by atomic mass is 19.4. The van der Waals surface area contributed by atoms with Crippen molar-refractivity contribution in [3.8, 4) is 5.75 Å². The Morgan fingerprint density at radius 2 is 1.75 bits per heavy atom. The molecule has 3 rings (SSSR count). The van der Waals surface area contributed by atoms with Crippen LogP contribution in [0, 0.1) is 12.8 Å². The van der Waals surface area contributed by atoms with Crippen LogP contribution >= 0.6 is 0 Å². The maximum Gasteiger partial charge on any atom is 0.416 e. The summed E-state index contributed by atoms with van der Waals surface area (Å²) < 4.78 is 52.4. The van der Waals surface area contributed by atoms with Crippen molar-refractivity contribution in [3.63, 3.8) is 0 Å². The number of halogens is 3. The maximum absolute atomic E-state index is 13.6. The Balaban J connectivity index is 1.97. The molecule has 212 valence electrons. The molecule has 0 saturated heterocycles. The number of aldehydes is 1. The number of hydrogen-bond acceptors (Lipinski definition) is 6. The summed E-state index contributed by atoms with van der Waals surface area (Å²) in [6, 6.07) is 13.1. The molecule has 0 radical (unpaired) electrons. The number of hydrogen-bond donors (Lipinski definition) is 1. The lowest BCUT2D eigenvalue weighted by atomic mass is 9.99. The molecule has 0 aliphatic carbocycles. The Morgan fingerprint density at radius 3 is 2.30 bits per heavy atom. The molecule has 7 nitrogen and oxygen atoms in total. The zero-order chi connectivity index (χ0) is 29.4. The highest BCUT2D eigenvalue weighted by Crippen LogP contribution is 2.38. The van der Waals surface area contributed by atoms with Crippen LogP contribution in [0.25, 0.3) is 6.08 Å². The first-order valence-electron chi connectivity index (χ1n) is 12.5. The molecular formula is C30H30F3NO6. The van der Waals surface area contributed by atoms with Crippen molar-refractivity contribution in [3.05, 3.63) is 88.9 Å². The summed E-state index contributed by atoms with van der Waals surface area (Å²) in [5.74, 6) is -1.92. The van der Waals surface area contributed by atoms with Gasteiger partial charge in [0.05, 0.1) is 11.3 Å². The number of carboxylic acids is 1. The van der Waals surface area contributed by atoms with Gasteiger partial charge in [-0.1, -0.05) is 38.1 Å². The van der Waals surface area contributed by atoms with Crippen LogP contribution in [0.2, 0.25) is 0 Å². The van der Waals surface area contributed by atoms with E-state index in [0.29, 0.717) is 29.1 Å². The number of ketones is 1. The number of carboxylic acid groups (broad SMARTS) is 1. The number of anilines is 1. The van der Waals surface area contributed by atoms with Gasteiger partial charge < -0.3 is 19.2 Å². The Kier molecular flexibility index (Phi) is 9.93. The predicted octanol–water partition coefficient (Wildman–Crippen LogP) is 6.30. The second kappa shape index (κ2) is 13.1.